The van der Waals surface area contributed by atoms with Crippen LogP contribution in [0.5, 0.6) is 0 Å². The lowest BCUT2D eigenvalue weighted by atomic mass is 9.33. The van der Waals surface area contributed by atoms with E-state index in [4.69, 9.17) is 5.11 Å². The van der Waals surface area contributed by atoms with Gasteiger partial charge in [-0.15, -0.1) is 0 Å². The molecule has 0 aromatic rings. The number of rotatable bonds is 10. The second kappa shape index (κ2) is 12.5. The van der Waals surface area contributed by atoms with Crippen LogP contribution in [0.15, 0.2) is 23.8 Å². The van der Waals surface area contributed by atoms with Gasteiger partial charge in [0.25, 0.3) is 0 Å². The molecule has 47 heavy (non-hydrogen) atoms. The minimum atomic E-state index is -2.85. The second-order valence-corrected chi connectivity index (χ2v) is 20.8. The van der Waals surface area contributed by atoms with Crippen molar-refractivity contribution >= 4 is 15.8 Å². The summed E-state index contributed by atoms with van der Waals surface area (Å²) in [5.41, 5.74) is 4.22. The third-order valence-electron chi connectivity index (χ3n) is 16.2. The van der Waals surface area contributed by atoms with Crippen LogP contribution in [0.25, 0.3) is 0 Å². The monoisotopic (exact) mass is 670 g/mol. The van der Waals surface area contributed by atoms with E-state index >= 15 is 0 Å². The van der Waals surface area contributed by atoms with E-state index in [0.717, 1.165) is 38.3 Å². The Kier molecular flexibility index (Phi) is 9.51. The van der Waals surface area contributed by atoms with Crippen LogP contribution in [-0.2, 0) is 14.6 Å². The standard InChI is InChI=1S/C40H66N2O4S/c1-28(2)30-15-19-40(41-22-23-42-24-26-47(45,46)27-25-42)21-20-38(6)31(35(30)40)12-13-33-37(5)17-14-29(10-8-9-11-34(43)44)36(3,4)32(37)16-18-39(33,38)7/h14,30-33,35,41H,1,8-13,15-27H2,2-7H3,(H,43,44)/t30-,31+,32-,33+,35+,37-,38+,39+,40-/m0/s1. The molecule has 5 fully saturated rings. The van der Waals surface area contributed by atoms with E-state index in [0.29, 0.717) is 64.5 Å². The zero-order valence-corrected chi connectivity index (χ0v) is 31.5. The predicted octanol–water partition coefficient (Wildman–Crippen LogP) is 7.90. The Hall–Kier alpha value is -1.18. The summed E-state index contributed by atoms with van der Waals surface area (Å²) in [4.78, 5) is 13.5. The number of hydrogen-bond donors (Lipinski definition) is 2. The van der Waals surface area contributed by atoms with E-state index in [2.05, 4.69) is 64.4 Å². The molecule has 0 amide bonds. The molecule has 5 aliphatic carbocycles. The summed E-state index contributed by atoms with van der Waals surface area (Å²) < 4.78 is 24.0. The van der Waals surface area contributed by atoms with Gasteiger partial charge in [0.15, 0.2) is 9.84 Å². The molecular weight excluding hydrogens is 605 g/mol. The molecule has 1 saturated heterocycles. The van der Waals surface area contributed by atoms with Gasteiger partial charge in [0.05, 0.1) is 11.5 Å². The maximum Gasteiger partial charge on any atom is 0.303 e. The van der Waals surface area contributed by atoms with Gasteiger partial charge in [-0.25, -0.2) is 8.42 Å². The van der Waals surface area contributed by atoms with Crippen molar-refractivity contribution in [1.82, 2.24) is 10.2 Å². The van der Waals surface area contributed by atoms with Crippen LogP contribution < -0.4 is 5.32 Å². The van der Waals surface area contributed by atoms with E-state index in [-0.39, 0.29) is 17.4 Å². The van der Waals surface area contributed by atoms with Crippen molar-refractivity contribution in [3.63, 3.8) is 0 Å². The maximum absolute atomic E-state index is 12.0. The molecule has 0 bridgehead atoms. The predicted molar refractivity (Wildman–Crippen MR) is 192 cm³/mol. The number of unbranched alkanes of at least 4 members (excludes halogenated alkanes) is 1. The normalized spacial score (nSPS) is 44.0. The fourth-order valence-corrected chi connectivity index (χ4v) is 14.8. The fraction of sp³-hybridized carbons (Fsp3) is 0.875. The van der Waals surface area contributed by atoms with Crippen molar-refractivity contribution in [3.05, 3.63) is 23.8 Å². The zero-order valence-electron chi connectivity index (χ0n) is 30.6. The van der Waals surface area contributed by atoms with Crippen molar-refractivity contribution in [2.45, 2.75) is 131 Å². The lowest BCUT2D eigenvalue weighted by molar-refractivity contribution is -0.221. The average Bonchev–Trinajstić information content (AvgIpc) is 3.37. The summed E-state index contributed by atoms with van der Waals surface area (Å²) in [6, 6.07) is 0. The number of hydrogen-bond acceptors (Lipinski definition) is 5. The van der Waals surface area contributed by atoms with Gasteiger partial charge in [0, 0.05) is 38.1 Å². The Labute approximate surface area is 286 Å². The molecule has 4 saturated carbocycles. The first kappa shape index (κ1) is 35.6. The third-order valence-corrected chi connectivity index (χ3v) is 17.9. The largest absolute Gasteiger partial charge is 0.481 e. The molecule has 6 aliphatic rings. The minimum absolute atomic E-state index is 0.163. The molecular formula is C40H66N2O4S. The Morgan fingerprint density at radius 3 is 2.36 bits per heavy atom. The van der Waals surface area contributed by atoms with E-state index < -0.39 is 15.8 Å². The number of carboxylic acids is 1. The smallest absolute Gasteiger partial charge is 0.303 e. The van der Waals surface area contributed by atoms with E-state index in [1.54, 1.807) is 5.57 Å². The number of carboxylic acid groups (broad SMARTS) is 1. The molecule has 1 aliphatic heterocycles. The highest BCUT2D eigenvalue weighted by Gasteiger charge is 2.70. The number of aliphatic carboxylic acids is 1. The number of fused-ring (bicyclic) bond motifs is 7. The van der Waals surface area contributed by atoms with E-state index in [1.165, 1.54) is 63.4 Å². The molecule has 6 nitrogen and oxygen atoms in total. The Bertz CT molecular complexity index is 1360. The van der Waals surface area contributed by atoms with Gasteiger partial charge >= 0.3 is 5.97 Å². The van der Waals surface area contributed by atoms with Gasteiger partial charge in [-0.05, 0) is 135 Å². The maximum atomic E-state index is 12.0. The first-order valence-corrected chi connectivity index (χ1v) is 21.1. The lowest BCUT2D eigenvalue weighted by Gasteiger charge is -2.72. The van der Waals surface area contributed by atoms with Gasteiger partial charge in [0.1, 0.15) is 0 Å². The molecule has 1 heterocycles. The van der Waals surface area contributed by atoms with Gasteiger partial charge in [-0.3, -0.25) is 4.79 Å². The van der Waals surface area contributed by atoms with Crippen LogP contribution in [-0.4, -0.2) is 67.6 Å². The van der Waals surface area contributed by atoms with Crippen molar-refractivity contribution in [1.29, 1.82) is 0 Å². The Balaban J connectivity index is 1.22. The van der Waals surface area contributed by atoms with E-state index in [1.807, 2.05) is 0 Å². The quantitative estimate of drug-likeness (QED) is 0.182. The summed E-state index contributed by atoms with van der Waals surface area (Å²) >= 11 is 0. The first-order valence-electron chi connectivity index (χ1n) is 19.2. The van der Waals surface area contributed by atoms with Gasteiger partial charge in [-0.1, -0.05) is 58.4 Å². The van der Waals surface area contributed by atoms with Crippen LogP contribution in [0, 0.1) is 51.2 Å². The first-order chi connectivity index (χ1) is 22.0. The highest BCUT2D eigenvalue weighted by Crippen LogP contribution is 2.76. The molecule has 6 rings (SSSR count). The molecule has 9 atom stereocenters. The number of nitrogens with one attached hydrogen (secondary N) is 1. The van der Waals surface area contributed by atoms with Crippen LogP contribution in [0.2, 0.25) is 0 Å². The minimum Gasteiger partial charge on any atom is -0.481 e. The summed E-state index contributed by atoms with van der Waals surface area (Å²) in [6.07, 6.45) is 17.2. The van der Waals surface area contributed by atoms with Crippen LogP contribution in [0.4, 0.5) is 0 Å². The zero-order chi connectivity index (χ0) is 34.0. The summed E-state index contributed by atoms with van der Waals surface area (Å²) in [5.74, 6) is 3.25. The number of sulfone groups is 1. The summed E-state index contributed by atoms with van der Waals surface area (Å²) in [7, 11) is -2.85. The molecule has 0 aromatic carbocycles. The molecule has 2 N–H and O–H groups in total. The van der Waals surface area contributed by atoms with Gasteiger partial charge < -0.3 is 15.3 Å². The fourth-order valence-electron chi connectivity index (χ4n) is 13.6. The van der Waals surface area contributed by atoms with Gasteiger partial charge in [0.2, 0.25) is 0 Å². The topological polar surface area (TPSA) is 86.7 Å². The lowest BCUT2D eigenvalue weighted by Crippen LogP contribution is -2.68. The van der Waals surface area contributed by atoms with Gasteiger partial charge in [-0.2, -0.15) is 0 Å². The third kappa shape index (κ3) is 5.92. The number of carbonyl (C=O) groups is 1. The highest BCUT2D eigenvalue weighted by atomic mass is 32.2. The molecule has 266 valence electrons. The second-order valence-electron chi connectivity index (χ2n) is 18.5. The van der Waals surface area contributed by atoms with Crippen LogP contribution >= 0.6 is 0 Å². The van der Waals surface area contributed by atoms with Crippen LogP contribution in [0.3, 0.4) is 0 Å². The van der Waals surface area contributed by atoms with Crippen molar-refractivity contribution < 1.29 is 18.3 Å². The average molecular weight is 671 g/mol. The van der Waals surface area contributed by atoms with Crippen molar-refractivity contribution in [2.75, 3.05) is 37.7 Å². The molecule has 0 radical (unpaired) electrons. The molecule has 7 heteroatoms. The number of nitrogens with zero attached hydrogens (tertiary/aromatic N) is 1. The Morgan fingerprint density at radius 2 is 1.68 bits per heavy atom. The molecule has 0 aromatic heterocycles. The number of allylic oxidation sites excluding steroid dienone is 3. The van der Waals surface area contributed by atoms with E-state index in [9.17, 15) is 13.2 Å². The summed E-state index contributed by atoms with van der Waals surface area (Å²) in [5, 5.41) is 13.4. The Morgan fingerprint density at radius 1 is 0.957 bits per heavy atom. The SMILES string of the molecule is C=C(C)[C@@H]1CC[C@]2(NCCN3CCS(=O)(=O)CC3)CC[C@]3(C)[C@H](CC[C@@H]4[C@@]5(C)CC=C(CCCCC(=O)O)C(C)(C)[C@@H]5CC[C@]43C)[C@@H]12. The van der Waals surface area contributed by atoms with Crippen molar-refractivity contribution in [2.24, 2.45) is 51.2 Å². The molecule has 0 spiro atoms. The summed E-state index contributed by atoms with van der Waals surface area (Å²) in [6.45, 7) is 23.2. The highest BCUT2D eigenvalue weighted by molar-refractivity contribution is 7.91. The van der Waals surface area contributed by atoms with Crippen molar-refractivity contribution in [3.8, 4) is 0 Å². The molecule has 0 unspecified atom stereocenters. The van der Waals surface area contributed by atoms with Crippen LogP contribution in [0.1, 0.15) is 125 Å².